The van der Waals surface area contributed by atoms with E-state index in [0.29, 0.717) is 10.7 Å². The van der Waals surface area contributed by atoms with Crippen LogP contribution in [0.4, 0.5) is 0 Å². The van der Waals surface area contributed by atoms with Crippen molar-refractivity contribution in [3.63, 3.8) is 0 Å². The molecule has 1 heterocycles. The fourth-order valence-electron chi connectivity index (χ4n) is 2.96. The predicted octanol–water partition coefficient (Wildman–Crippen LogP) is 4.29. The number of hydrogen-bond donors (Lipinski definition) is 1. The van der Waals surface area contributed by atoms with E-state index in [1.165, 1.54) is 37.7 Å². The van der Waals surface area contributed by atoms with Crippen LogP contribution in [-0.2, 0) is 0 Å². The molecule has 1 aromatic carbocycles. The number of nitrogens with one attached hydrogen (secondary N) is 1. The van der Waals surface area contributed by atoms with Crippen molar-refractivity contribution < 1.29 is 0 Å². The summed E-state index contributed by atoms with van der Waals surface area (Å²) in [4.78, 5) is 0. The Hall–Kier alpha value is -1.42. The van der Waals surface area contributed by atoms with Gasteiger partial charge < -0.3 is 0 Å². The van der Waals surface area contributed by atoms with Crippen LogP contribution < -0.4 is 0 Å². The molecule has 2 aromatic rings. The van der Waals surface area contributed by atoms with Gasteiger partial charge in [0.2, 0.25) is 0 Å². The quantitative estimate of drug-likeness (QED) is 0.828. The molecule has 0 amide bonds. The van der Waals surface area contributed by atoms with E-state index in [1.54, 1.807) is 0 Å². The zero-order chi connectivity index (χ0) is 13.2. The SMILES string of the molecule is Cc1cccc(-n2c(C3CCCCC3)n[nH]c2=S)c1. The molecule has 0 atom stereocenters. The first-order valence-electron chi connectivity index (χ1n) is 7.00. The van der Waals surface area contributed by atoms with Gasteiger partial charge in [0.1, 0.15) is 5.82 Å². The van der Waals surface area contributed by atoms with Gasteiger partial charge in [0.05, 0.1) is 0 Å². The summed E-state index contributed by atoms with van der Waals surface area (Å²) in [7, 11) is 0. The van der Waals surface area contributed by atoms with Gasteiger partial charge in [-0.1, -0.05) is 31.4 Å². The Bertz CT molecular complexity index is 620. The van der Waals surface area contributed by atoms with Crippen molar-refractivity contribution in [2.45, 2.75) is 44.9 Å². The van der Waals surface area contributed by atoms with Crippen molar-refractivity contribution in [3.8, 4) is 5.69 Å². The number of aromatic amines is 1. The molecule has 100 valence electrons. The number of benzene rings is 1. The Labute approximate surface area is 118 Å². The van der Waals surface area contributed by atoms with E-state index >= 15 is 0 Å². The molecular formula is C15H19N3S. The van der Waals surface area contributed by atoms with Crippen LogP contribution in [0.25, 0.3) is 5.69 Å². The summed E-state index contributed by atoms with van der Waals surface area (Å²) in [5.41, 5.74) is 2.37. The highest BCUT2D eigenvalue weighted by Gasteiger charge is 2.21. The van der Waals surface area contributed by atoms with E-state index in [9.17, 15) is 0 Å². The van der Waals surface area contributed by atoms with E-state index in [-0.39, 0.29) is 0 Å². The molecule has 1 aliphatic carbocycles. The number of nitrogens with zero attached hydrogens (tertiary/aromatic N) is 2. The van der Waals surface area contributed by atoms with Crippen LogP contribution in [0.2, 0.25) is 0 Å². The molecule has 0 aliphatic heterocycles. The highest BCUT2D eigenvalue weighted by Crippen LogP contribution is 2.32. The summed E-state index contributed by atoms with van der Waals surface area (Å²) in [5, 5.41) is 7.46. The van der Waals surface area contributed by atoms with Crippen LogP contribution in [0.5, 0.6) is 0 Å². The summed E-state index contributed by atoms with van der Waals surface area (Å²) in [6, 6.07) is 8.44. The van der Waals surface area contributed by atoms with Gasteiger partial charge in [-0.3, -0.25) is 9.67 Å². The Balaban J connectivity index is 2.05. The molecular weight excluding hydrogens is 254 g/mol. The van der Waals surface area contributed by atoms with Gasteiger partial charge in [-0.25, -0.2) is 0 Å². The molecule has 19 heavy (non-hydrogen) atoms. The molecule has 1 saturated carbocycles. The van der Waals surface area contributed by atoms with Crippen LogP contribution >= 0.6 is 12.2 Å². The molecule has 0 unspecified atom stereocenters. The van der Waals surface area contributed by atoms with Gasteiger partial charge in [0, 0.05) is 11.6 Å². The highest BCUT2D eigenvalue weighted by molar-refractivity contribution is 7.71. The fraction of sp³-hybridized carbons (Fsp3) is 0.467. The lowest BCUT2D eigenvalue weighted by molar-refractivity contribution is 0.424. The molecule has 3 rings (SSSR count). The molecule has 0 saturated heterocycles. The van der Waals surface area contributed by atoms with E-state index in [4.69, 9.17) is 12.2 Å². The number of rotatable bonds is 2. The molecule has 0 bridgehead atoms. The molecule has 0 spiro atoms. The summed E-state index contributed by atoms with van der Waals surface area (Å²) in [6.07, 6.45) is 6.42. The van der Waals surface area contributed by atoms with Crippen LogP contribution in [-0.4, -0.2) is 14.8 Å². The van der Waals surface area contributed by atoms with Gasteiger partial charge in [-0.2, -0.15) is 5.10 Å². The zero-order valence-corrected chi connectivity index (χ0v) is 12.0. The second-order valence-electron chi connectivity index (χ2n) is 5.40. The smallest absolute Gasteiger partial charge is 0.199 e. The van der Waals surface area contributed by atoms with Crippen molar-refractivity contribution in [3.05, 3.63) is 40.4 Å². The van der Waals surface area contributed by atoms with Crippen LogP contribution in [0.1, 0.15) is 49.4 Å². The molecule has 1 aromatic heterocycles. The summed E-state index contributed by atoms with van der Waals surface area (Å²) in [5.74, 6) is 1.65. The monoisotopic (exact) mass is 273 g/mol. The number of aromatic nitrogens is 3. The first kappa shape index (κ1) is 12.6. The Morgan fingerprint density at radius 3 is 2.79 bits per heavy atom. The zero-order valence-electron chi connectivity index (χ0n) is 11.2. The minimum atomic E-state index is 0.544. The van der Waals surface area contributed by atoms with Crippen molar-refractivity contribution in [2.75, 3.05) is 0 Å². The normalized spacial score (nSPS) is 16.7. The first-order chi connectivity index (χ1) is 9.25. The molecule has 1 aliphatic rings. The average molecular weight is 273 g/mol. The second kappa shape index (κ2) is 5.29. The van der Waals surface area contributed by atoms with Gasteiger partial charge in [-0.05, 0) is 49.7 Å². The van der Waals surface area contributed by atoms with Gasteiger partial charge in [0.15, 0.2) is 4.77 Å². The predicted molar refractivity (Wildman–Crippen MR) is 79.3 cm³/mol. The number of hydrogen-bond acceptors (Lipinski definition) is 2. The summed E-state index contributed by atoms with van der Waals surface area (Å²) < 4.78 is 2.81. The fourth-order valence-corrected chi connectivity index (χ4v) is 3.20. The molecule has 1 fully saturated rings. The third kappa shape index (κ3) is 2.50. The standard InChI is InChI=1S/C15H19N3S/c1-11-6-5-9-13(10-11)18-14(16-17-15(18)19)12-7-3-2-4-8-12/h5-6,9-10,12H,2-4,7-8H2,1H3,(H,17,19). The van der Waals surface area contributed by atoms with Crippen molar-refractivity contribution in [1.29, 1.82) is 0 Å². The minimum absolute atomic E-state index is 0.544. The van der Waals surface area contributed by atoms with Gasteiger partial charge in [-0.15, -0.1) is 0 Å². The summed E-state index contributed by atoms with van der Waals surface area (Å²) >= 11 is 5.41. The topological polar surface area (TPSA) is 33.6 Å². The maximum Gasteiger partial charge on any atom is 0.199 e. The maximum atomic E-state index is 5.41. The van der Waals surface area contributed by atoms with E-state index in [2.05, 4.69) is 46.0 Å². The van der Waals surface area contributed by atoms with Gasteiger partial charge in [0.25, 0.3) is 0 Å². The average Bonchev–Trinajstić information content (AvgIpc) is 2.82. The summed E-state index contributed by atoms with van der Waals surface area (Å²) in [6.45, 7) is 2.10. The molecule has 3 nitrogen and oxygen atoms in total. The van der Waals surface area contributed by atoms with E-state index < -0.39 is 0 Å². The third-order valence-corrected chi connectivity index (χ3v) is 4.20. The molecule has 4 heteroatoms. The Morgan fingerprint density at radius 2 is 2.05 bits per heavy atom. The van der Waals surface area contributed by atoms with E-state index in [1.807, 2.05) is 0 Å². The van der Waals surface area contributed by atoms with Crippen LogP contribution in [0.3, 0.4) is 0 Å². The van der Waals surface area contributed by atoms with Crippen LogP contribution in [0.15, 0.2) is 24.3 Å². The van der Waals surface area contributed by atoms with Crippen molar-refractivity contribution in [1.82, 2.24) is 14.8 Å². The lowest BCUT2D eigenvalue weighted by Gasteiger charge is -2.21. The lowest BCUT2D eigenvalue weighted by Crippen LogP contribution is -2.11. The highest BCUT2D eigenvalue weighted by atomic mass is 32.1. The van der Waals surface area contributed by atoms with Gasteiger partial charge >= 0.3 is 0 Å². The van der Waals surface area contributed by atoms with Crippen LogP contribution in [0, 0.1) is 11.7 Å². The molecule has 1 N–H and O–H groups in total. The Morgan fingerprint density at radius 1 is 1.26 bits per heavy atom. The first-order valence-corrected chi connectivity index (χ1v) is 7.41. The second-order valence-corrected chi connectivity index (χ2v) is 5.78. The number of H-pyrrole nitrogens is 1. The van der Waals surface area contributed by atoms with Crippen molar-refractivity contribution >= 4 is 12.2 Å². The van der Waals surface area contributed by atoms with E-state index in [0.717, 1.165) is 11.5 Å². The largest absolute Gasteiger partial charge is 0.272 e. The maximum absolute atomic E-state index is 5.41. The Kier molecular flexibility index (Phi) is 3.51. The minimum Gasteiger partial charge on any atom is -0.272 e. The molecule has 0 radical (unpaired) electrons. The van der Waals surface area contributed by atoms with Crippen molar-refractivity contribution in [2.24, 2.45) is 0 Å². The third-order valence-electron chi connectivity index (χ3n) is 3.93. The lowest BCUT2D eigenvalue weighted by atomic mass is 9.88. The number of aryl methyl sites for hydroxylation is 1.